The Bertz CT molecular complexity index is 359. The molecule has 1 atom stereocenters. The maximum absolute atomic E-state index is 11.5. The van der Waals surface area contributed by atoms with Crippen molar-refractivity contribution in [2.24, 2.45) is 0 Å². The number of carboxylic acids is 1. The van der Waals surface area contributed by atoms with Gasteiger partial charge in [-0.3, -0.25) is 0 Å². The summed E-state index contributed by atoms with van der Waals surface area (Å²) in [6.45, 7) is 0. The summed E-state index contributed by atoms with van der Waals surface area (Å²) in [5, 5.41) is 8.64. The first-order valence-corrected chi connectivity index (χ1v) is 5.05. The maximum Gasteiger partial charge on any atom is 0.335 e. The van der Waals surface area contributed by atoms with Crippen molar-refractivity contribution < 1.29 is 14.1 Å². The highest BCUT2D eigenvalue weighted by atomic mass is 32.2. The highest BCUT2D eigenvalue weighted by molar-refractivity contribution is 7.82. The molecule has 1 aromatic carbocycles. The molecule has 4 nitrogen and oxygen atoms in total. The molecule has 0 amide bonds. The molecular weight excluding hydrogens is 202 g/mol. The fraction of sp³-hybridized carbons (Fsp3) is 0.222. The third kappa shape index (κ3) is 2.40. The molecule has 1 N–H and O–H groups in total. The number of hydrogen-bond donors (Lipinski definition) is 1. The van der Waals surface area contributed by atoms with Crippen LogP contribution in [0.5, 0.6) is 0 Å². The third-order valence-corrected chi connectivity index (χ3v) is 2.97. The second kappa shape index (κ2) is 4.34. The minimum Gasteiger partial charge on any atom is -0.478 e. The van der Waals surface area contributed by atoms with E-state index in [-0.39, 0.29) is 5.56 Å². The van der Waals surface area contributed by atoms with E-state index in [1.807, 2.05) is 0 Å². The monoisotopic (exact) mass is 213 g/mol. The van der Waals surface area contributed by atoms with Crippen molar-refractivity contribution in [2.45, 2.75) is 4.90 Å². The fourth-order valence-corrected chi connectivity index (χ4v) is 1.72. The first kappa shape index (κ1) is 10.9. The zero-order valence-electron chi connectivity index (χ0n) is 7.93. The van der Waals surface area contributed by atoms with E-state index >= 15 is 0 Å². The Morgan fingerprint density at radius 3 is 2.14 bits per heavy atom. The number of rotatable bonds is 3. The van der Waals surface area contributed by atoms with Crippen LogP contribution in [0.1, 0.15) is 10.4 Å². The van der Waals surface area contributed by atoms with Crippen molar-refractivity contribution in [1.29, 1.82) is 0 Å². The normalized spacial score (nSPS) is 12.8. The lowest BCUT2D eigenvalue weighted by molar-refractivity contribution is 0.0697. The Balaban J connectivity index is 2.94. The van der Waals surface area contributed by atoms with E-state index < -0.39 is 17.0 Å². The predicted molar refractivity (Wildman–Crippen MR) is 53.5 cm³/mol. The van der Waals surface area contributed by atoms with Gasteiger partial charge in [-0.15, -0.1) is 0 Å². The van der Waals surface area contributed by atoms with Crippen LogP contribution >= 0.6 is 0 Å². The smallest absolute Gasteiger partial charge is 0.335 e. The van der Waals surface area contributed by atoms with Gasteiger partial charge in [-0.05, 0) is 38.4 Å². The minimum atomic E-state index is -1.22. The zero-order valence-corrected chi connectivity index (χ0v) is 8.75. The van der Waals surface area contributed by atoms with E-state index in [2.05, 4.69) is 0 Å². The molecule has 76 valence electrons. The highest BCUT2D eigenvalue weighted by Gasteiger charge is 2.07. The summed E-state index contributed by atoms with van der Waals surface area (Å²) in [6, 6.07) is 6.00. The van der Waals surface area contributed by atoms with Crippen LogP contribution in [-0.4, -0.2) is 33.7 Å². The molecule has 0 heterocycles. The number of benzene rings is 1. The highest BCUT2D eigenvalue weighted by Crippen LogP contribution is 2.10. The van der Waals surface area contributed by atoms with Crippen molar-refractivity contribution in [3.8, 4) is 0 Å². The van der Waals surface area contributed by atoms with Gasteiger partial charge in [0.2, 0.25) is 0 Å². The van der Waals surface area contributed by atoms with Crippen molar-refractivity contribution >= 4 is 17.0 Å². The van der Waals surface area contributed by atoms with Crippen molar-refractivity contribution in [2.75, 3.05) is 14.1 Å². The summed E-state index contributed by atoms with van der Waals surface area (Å²) in [6.07, 6.45) is 0. The number of aromatic carboxylic acids is 1. The number of hydrogen-bond acceptors (Lipinski definition) is 2. The molecule has 0 bridgehead atoms. The molecule has 0 aliphatic carbocycles. The van der Waals surface area contributed by atoms with Crippen LogP contribution < -0.4 is 0 Å². The molecule has 0 aliphatic heterocycles. The van der Waals surface area contributed by atoms with E-state index in [0.29, 0.717) is 4.90 Å². The Kier molecular flexibility index (Phi) is 3.38. The van der Waals surface area contributed by atoms with E-state index in [9.17, 15) is 9.00 Å². The molecule has 5 heteroatoms. The predicted octanol–water partition coefficient (Wildman–Crippen LogP) is 0.969. The van der Waals surface area contributed by atoms with E-state index in [1.54, 1.807) is 30.5 Å². The Labute approximate surface area is 84.8 Å². The standard InChI is InChI=1S/C9H11NO3S/c1-10(2)14(13)8-5-3-7(4-6-8)9(11)12/h3-6H,1-2H3,(H,11,12). The quantitative estimate of drug-likeness (QED) is 0.814. The van der Waals surface area contributed by atoms with Gasteiger partial charge in [0, 0.05) is 0 Å². The average molecular weight is 213 g/mol. The van der Waals surface area contributed by atoms with Gasteiger partial charge in [0.05, 0.1) is 10.5 Å². The second-order valence-corrected chi connectivity index (χ2v) is 4.59. The minimum absolute atomic E-state index is 0.199. The van der Waals surface area contributed by atoms with Gasteiger partial charge < -0.3 is 5.11 Å². The molecule has 0 spiro atoms. The lowest BCUT2D eigenvalue weighted by Gasteiger charge is -2.08. The van der Waals surface area contributed by atoms with Gasteiger partial charge in [0.1, 0.15) is 11.0 Å². The molecule has 1 rings (SSSR count). The van der Waals surface area contributed by atoms with Crippen LogP contribution in [0.3, 0.4) is 0 Å². The summed E-state index contributed by atoms with van der Waals surface area (Å²) in [5.41, 5.74) is 0.199. The number of nitrogens with zero attached hydrogens (tertiary/aromatic N) is 1. The summed E-state index contributed by atoms with van der Waals surface area (Å²) < 4.78 is 13.1. The summed E-state index contributed by atoms with van der Waals surface area (Å²) >= 11 is 0. The molecule has 0 aliphatic rings. The first-order chi connectivity index (χ1) is 6.52. The molecule has 0 saturated heterocycles. The molecule has 0 radical (unpaired) electrons. The topological polar surface area (TPSA) is 57.6 Å². The van der Waals surface area contributed by atoms with Gasteiger partial charge >= 0.3 is 5.97 Å². The van der Waals surface area contributed by atoms with E-state index in [0.717, 1.165) is 0 Å². The van der Waals surface area contributed by atoms with Crippen LogP contribution in [0, 0.1) is 0 Å². The lowest BCUT2D eigenvalue weighted by atomic mass is 10.2. The average Bonchev–Trinajstić information content (AvgIpc) is 2.16. The molecule has 0 fully saturated rings. The van der Waals surface area contributed by atoms with Crippen molar-refractivity contribution in [1.82, 2.24) is 4.31 Å². The summed E-state index contributed by atoms with van der Waals surface area (Å²) in [5.74, 6) is -0.979. The second-order valence-electron chi connectivity index (χ2n) is 2.89. The van der Waals surface area contributed by atoms with Gasteiger partial charge in [-0.1, -0.05) is 0 Å². The maximum atomic E-state index is 11.5. The SMILES string of the molecule is CN(C)S(=O)c1ccc(C(=O)O)cc1. The fourth-order valence-electron chi connectivity index (χ4n) is 0.925. The van der Waals surface area contributed by atoms with Gasteiger partial charge in [-0.25, -0.2) is 13.3 Å². The van der Waals surface area contributed by atoms with Gasteiger partial charge in [0.15, 0.2) is 0 Å². The van der Waals surface area contributed by atoms with Crippen LogP contribution in [0.15, 0.2) is 29.2 Å². The zero-order chi connectivity index (χ0) is 10.7. The van der Waals surface area contributed by atoms with Crippen LogP contribution in [0.25, 0.3) is 0 Å². The molecule has 0 aromatic heterocycles. The Morgan fingerprint density at radius 2 is 1.79 bits per heavy atom. The Morgan fingerprint density at radius 1 is 1.29 bits per heavy atom. The van der Waals surface area contributed by atoms with Crippen LogP contribution in [0.4, 0.5) is 0 Å². The number of carbonyl (C=O) groups is 1. The van der Waals surface area contributed by atoms with Gasteiger partial charge in [-0.2, -0.15) is 0 Å². The van der Waals surface area contributed by atoms with Crippen LogP contribution in [0.2, 0.25) is 0 Å². The molecule has 0 saturated carbocycles. The van der Waals surface area contributed by atoms with E-state index in [4.69, 9.17) is 5.11 Å². The summed E-state index contributed by atoms with van der Waals surface area (Å²) in [4.78, 5) is 11.1. The van der Waals surface area contributed by atoms with Gasteiger partial charge in [0.25, 0.3) is 0 Å². The van der Waals surface area contributed by atoms with Crippen molar-refractivity contribution in [3.05, 3.63) is 29.8 Å². The molecule has 1 unspecified atom stereocenters. The molecular formula is C9H11NO3S. The lowest BCUT2D eigenvalue weighted by Crippen LogP contribution is -2.15. The largest absolute Gasteiger partial charge is 0.478 e. The summed E-state index contributed by atoms with van der Waals surface area (Å²) in [7, 11) is 2.18. The van der Waals surface area contributed by atoms with Crippen molar-refractivity contribution in [3.63, 3.8) is 0 Å². The molecule has 14 heavy (non-hydrogen) atoms. The van der Waals surface area contributed by atoms with Crippen LogP contribution in [-0.2, 0) is 11.0 Å². The first-order valence-electron chi connectivity index (χ1n) is 3.95. The number of carboxylic acid groups (broad SMARTS) is 1. The van der Waals surface area contributed by atoms with E-state index in [1.165, 1.54) is 12.1 Å². The molecule has 1 aromatic rings. The third-order valence-electron chi connectivity index (χ3n) is 1.63. The Hall–Kier alpha value is -1.20.